The molecule has 134 valence electrons. The third kappa shape index (κ3) is 2.81. The largest absolute Gasteiger partial charge is 0.462 e. The Bertz CT molecular complexity index is 1080. The smallest absolute Gasteiger partial charge is 0.343 e. The molecule has 3 rings (SSSR count). The first-order valence-electron chi connectivity index (χ1n) is 7.37. The number of benzene rings is 1. The molecule has 0 atom stereocenters. The van der Waals surface area contributed by atoms with Gasteiger partial charge >= 0.3 is 5.97 Å². The predicted molar refractivity (Wildman–Crippen MR) is 83.1 cm³/mol. The molecule has 0 unspecified atom stereocenters. The van der Waals surface area contributed by atoms with Crippen molar-refractivity contribution in [3.8, 4) is 5.82 Å². The van der Waals surface area contributed by atoms with E-state index in [4.69, 9.17) is 4.74 Å². The maximum Gasteiger partial charge on any atom is 0.343 e. The molecule has 0 aliphatic carbocycles. The number of aromatic nitrogens is 2. The highest BCUT2D eigenvalue weighted by atomic mass is 19.2. The van der Waals surface area contributed by atoms with Crippen molar-refractivity contribution in [1.29, 1.82) is 0 Å². The first kappa shape index (κ1) is 17.6. The molecule has 0 saturated heterocycles. The molecule has 0 aliphatic heterocycles. The van der Waals surface area contributed by atoms with Crippen LogP contribution in [-0.2, 0) is 4.74 Å². The summed E-state index contributed by atoms with van der Waals surface area (Å²) in [5, 5.41) is -0.585. The number of hydrogen-bond donors (Lipinski definition) is 0. The zero-order chi connectivity index (χ0) is 19.0. The number of fused-ring (bicyclic) bond motifs is 1. The molecule has 2 heterocycles. The molecule has 0 saturated carbocycles. The summed E-state index contributed by atoms with van der Waals surface area (Å²) < 4.78 is 60.4. The van der Waals surface area contributed by atoms with Gasteiger partial charge in [-0.05, 0) is 25.1 Å². The van der Waals surface area contributed by atoms with E-state index < -0.39 is 51.1 Å². The summed E-state index contributed by atoms with van der Waals surface area (Å²) >= 11 is 0. The van der Waals surface area contributed by atoms with Gasteiger partial charge in [-0.25, -0.2) is 27.3 Å². The number of hydrogen-bond acceptors (Lipinski definition) is 4. The Hall–Kier alpha value is -3.23. The van der Waals surface area contributed by atoms with Crippen LogP contribution in [0.1, 0.15) is 17.3 Å². The van der Waals surface area contributed by atoms with Crippen molar-refractivity contribution in [2.24, 2.45) is 0 Å². The lowest BCUT2D eigenvalue weighted by atomic mass is 10.1. The van der Waals surface area contributed by atoms with Gasteiger partial charge in [-0.2, -0.15) is 0 Å². The first-order valence-corrected chi connectivity index (χ1v) is 7.37. The second-order valence-corrected chi connectivity index (χ2v) is 5.18. The van der Waals surface area contributed by atoms with E-state index in [0.717, 1.165) is 29.1 Å². The summed E-state index contributed by atoms with van der Waals surface area (Å²) in [6, 6.07) is 2.60. The van der Waals surface area contributed by atoms with Crippen molar-refractivity contribution < 1.29 is 27.1 Å². The van der Waals surface area contributed by atoms with Gasteiger partial charge in [0, 0.05) is 6.20 Å². The monoisotopic (exact) mass is 366 g/mol. The molecule has 0 fully saturated rings. The Morgan fingerprint density at radius 2 is 1.92 bits per heavy atom. The number of carbonyl (C=O) groups excluding carboxylic acids is 1. The van der Waals surface area contributed by atoms with Crippen LogP contribution in [0.5, 0.6) is 0 Å². The summed E-state index contributed by atoms with van der Waals surface area (Å²) in [4.78, 5) is 28.2. The maximum atomic E-state index is 14.4. The molecule has 3 aromatic rings. The van der Waals surface area contributed by atoms with Crippen LogP contribution in [0.25, 0.3) is 16.7 Å². The lowest BCUT2D eigenvalue weighted by Crippen LogP contribution is -2.22. The number of carbonyl (C=O) groups is 1. The van der Waals surface area contributed by atoms with Gasteiger partial charge in [-0.15, -0.1) is 0 Å². The molecule has 0 spiro atoms. The molecular formula is C17H10F4N2O3. The van der Waals surface area contributed by atoms with Crippen LogP contribution in [0.4, 0.5) is 17.6 Å². The fraction of sp³-hybridized carbons (Fsp3) is 0.118. The number of esters is 1. The van der Waals surface area contributed by atoms with E-state index in [1.54, 1.807) is 0 Å². The van der Waals surface area contributed by atoms with E-state index in [0.29, 0.717) is 6.07 Å². The predicted octanol–water partition coefficient (Wildman–Crippen LogP) is 3.12. The number of nitrogens with zero attached hydrogens (tertiary/aromatic N) is 2. The lowest BCUT2D eigenvalue weighted by Gasteiger charge is -2.13. The van der Waals surface area contributed by atoms with Gasteiger partial charge in [0.25, 0.3) is 0 Å². The Kier molecular flexibility index (Phi) is 4.45. The van der Waals surface area contributed by atoms with E-state index in [9.17, 15) is 27.2 Å². The molecule has 26 heavy (non-hydrogen) atoms. The first-order chi connectivity index (χ1) is 12.3. The van der Waals surface area contributed by atoms with Crippen LogP contribution in [0, 0.1) is 23.3 Å². The second-order valence-electron chi connectivity index (χ2n) is 5.18. The minimum absolute atomic E-state index is 0.0444. The summed E-state index contributed by atoms with van der Waals surface area (Å²) in [6.45, 7) is 1.46. The van der Waals surface area contributed by atoms with Crippen LogP contribution >= 0.6 is 0 Å². The van der Waals surface area contributed by atoms with E-state index in [1.807, 2.05) is 0 Å². The van der Waals surface area contributed by atoms with Crippen LogP contribution in [-0.4, -0.2) is 22.1 Å². The molecule has 0 radical (unpaired) electrons. The Labute approximate surface area is 143 Å². The summed E-state index contributed by atoms with van der Waals surface area (Å²) in [7, 11) is 0. The molecule has 0 bridgehead atoms. The average Bonchev–Trinajstić information content (AvgIpc) is 2.61. The Morgan fingerprint density at radius 3 is 2.54 bits per heavy atom. The molecule has 1 aromatic carbocycles. The maximum absolute atomic E-state index is 14.4. The van der Waals surface area contributed by atoms with Gasteiger partial charge in [0.05, 0.1) is 23.7 Å². The SMILES string of the molecule is CCOC(=O)c1cn(-c2ccc(F)cn2)c2c(F)c(F)c(F)cc2c1=O. The molecule has 0 aliphatic rings. The van der Waals surface area contributed by atoms with Gasteiger partial charge in [0.15, 0.2) is 17.5 Å². The zero-order valence-corrected chi connectivity index (χ0v) is 13.2. The van der Waals surface area contributed by atoms with Gasteiger partial charge in [0.1, 0.15) is 17.2 Å². The van der Waals surface area contributed by atoms with Crippen molar-refractivity contribution >= 4 is 16.9 Å². The number of halogens is 4. The van der Waals surface area contributed by atoms with E-state index in [-0.39, 0.29) is 12.4 Å². The van der Waals surface area contributed by atoms with Crippen molar-refractivity contribution in [3.05, 3.63) is 69.6 Å². The summed E-state index contributed by atoms with van der Waals surface area (Å²) in [5.74, 6) is -6.86. The normalized spacial score (nSPS) is 11.0. The third-order valence-corrected chi connectivity index (χ3v) is 3.58. The van der Waals surface area contributed by atoms with Crippen molar-refractivity contribution in [2.75, 3.05) is 6.61 Å². The minimum Gasteiger partial charge on any atom is -0.462 e. The van der Waals surface area contributed by atoms with Crippen LogP contribution < -0.4 is 5.43 Å². The quantitative estimate of drug-likeness (QED) is 0.406. The fourth-order valence-corrected chi connectivity index (χ4v) is 2.44. The second kappa shape index (κ2) is 6.58. The number of rotatable bonds is 3. The standard InChI is InChI=1S/C17H10F4N2O3/c1-2-26-17(25)10-7-23(12-4-3-8(18)6-22-12)15-9(16(10)24)5-11(19)13(20)14(15)21/h3-7H,2H2,1H3. The van der Waals surface area contributed by atoms with E-state index in [2.05, 4.69) is 4.98 Å². The topological polar surface area (TPSA) is 61.2 Å². The van der Waals surface area contributed by atoms with Gasteiger partial charge < -0.3 is 4.74 Å². The van der Waals surface area contributed by atoms with Gasteiger partial charge in [0.2, 0.25) is 5.43 Å². The molecule has 0 N–H and O–H groups in total. The van der Waals surface area contributed by atoms with E-state index >= 15 is 0 Å². The van der Waals surface area contributed by atoms with Crippen LogP contribution in [0.2, 0.25) is 0 Å². The average molecular weight is 366 g/mol. The highest BCUT2D eigenvalue weighted by Crippen LogP contribution is 2.24. The Morgan fingerprint density at radius 1 is 1.19 bits per heavy atom. The van der Waals surface area contributed by atoms with Gasteiger partial charge in [-0.1, -0.05) is 0 Å². The van der Waals surface area contributed by atoms with Crippen molar-refractivity contribution in [1.82, 2.24) is 9.55 Å². The molecule has 2 aromatic heterocycles. The Balaban J connectivity index is 2.46. The molecule has 9 heteroatoms. The number of pyridine rings is 2. The van der Waals surface area contributed by atoms with Crippen molar-refractivity contribution in [3.63, 3.8) is 0 Å². The highest BCUT2D eigenvalue weighted by Gasteiger charge is 2.23. The lowest BCUT2D eigenvalue weighted by molar-refractivity contribution is 0.0524. The van der Waals surface area contributed by atoms with Crippen molar-refractivity contribution in [2.45, 2.75) is 6.92 Å². The van der Waals surface area contributed by atoms with Gasteiger partial charge in [-0.3, -0.25) is 9.36 Å². The van der Waals surface area contributed by atoms with E-state index in [1.165, 1.54) is 6.92 Å². The minimum atomic E-state index is -1.79. The summed E-state index contributed by atoms with van der Waals surface area (Å²) in [5.41, 5.74) is -2.20. The van der Waals surface area contributed by atoms with Crippen LogP contribution in [0.3, 0.4) is 0 Å². The molecule has 0 amide bonds. The summed E-state index contributed by atoms with van der Waals surface area (Å²) in [6.07, 6.45) is 1.70. The van der Waals surface area contributed by atoms with Crippen LogP contribution in [0.15, 0.2) is 35.4 Å². The third-order valence-electron chi connectivity index (χ3n) is 3.58. The molecular weight excluding hydrogens is 356 g/mol. The number of ether oxygens (including phenoxy) is 1. The zero-order valence-electron chi connectivity index (χ0n) is 13.2. The molecule has 5 nitrogen and oxygen atoms in total. The highest BCUT2D eigenvalue weighted by molar-refractivity contribution is 5.94. The fourth-order valence-electron chi connectivity index (χ4n) is 2.44.